The molecule has 0 bridgehead atoms. The van der Waals surface area contributed by atoms with Gasteiger partial charge in [-0.2, -0.15) is 5.10 Å². The van der Waals surface area contributed by atoms with Crippen molar-refractivity contribution >= 4 is 28.4 Å². The summed E-state index contributed by atoms with van der Waals surface area (Å²) in [6, 6.07) is 19.9. The Morgan fingerprint density at radius 2 is 1.81 bits per heavy atom. The topological polar surface area (TPSA) is 103 Å². The number of anilines is 1. The van der Waals surface area contributed by atoms with E-state index in [-0.39, 0.29) is 11.3 Å². The van der Waals surface area contributed by atoms with Gasteiger partial charge in [-0.25, -0.2) is 9.67 Å². The molecule has 32 heavy (non-hydrogen) atoms. The lowest BCUT2D eigenvalue weighted by Crippen LogP contribution is -2.51. The molecule has 0 unspecified atom stereocenters. The van der Waals surface area contributed by atoms with Crippen LogP contribution < -0.4 is 11.1 Å². The standard InChI is InChI=1S/C25H21N5O2/c26-23(32)21-22(29-30-24(21)27-11-10-25(30)13-18(31)14-25)17-7-6-16-8-9-19(28-20(16)12-17)15-4-2-1-3-5-15/h1-9,12,27H,10-11,13-14H2,(H2,26,32). The molecule has 6 rings (SSSR count). The minimum absolute atomic E-state index is 0.221. The predicted octanol–water partition coefficient (Wildman–Crippen LogP) is 3.74. The molecule has 1 aliphatic heterocycles. The van der Waals surface area contributed by atoms with Crippen molar-refractivity contribution in [2.45, 2.75) is 24.8 Å². The monoisotopic (exact) mass is 423 g/mol. The fourth-order valence-corrected chi connectivity index (χ4v) is 4.92. The molecule has 2 aromatic carbocycles. The largest absolute Gasteiger partial charge is 0.369 e. The van der Waals surface area contributed by atoms with Crippen LogP contribution in [-0.2, 0) is 10.3 Å². The van der Waals surface area contributed by atoms with E-state index < -0.39 is 5.91 Å². The SMILES string of the molecule is NC(=O)c1c(-c2ccc3ccc(-c4ccccc4)nc3c2)nn2c1NCCC21CC(=O)C1. The first-order valence-corrected chi connectivity index (χ1v) is 10.7. The van der Waals surface area contributed by atoms with E-state index in [1.165, 1.54) is 0 Å². The number of amides is 1. The molecule has 1 fully saturated rings. The van der Waals surface area contributed by atoms with E-state index in [2.05, 4.69) is 5.32 Å². The van der Waals surface area contributed by atoms with Gasteiger partial charge in [-0.05, 0) is 18.6 Å². The summed E-state index contributed by atoms with van der Waals surface area (Å²) in [5.74, 6) is 0.291. The van der Waals surface area contributed by atoms with Gasteiger partial charge < -0.3 is 11.1 Å². The third-order valence-corrected chi connectivity index (χ3v) is 6.55. The second-order valence-electron chi connectivity index (χ2n) is 8.61. The molecule has 2 aromatic heterocycles. The number of nitrogens with zero attached hydrogens (tertiary/aromatic N) is 3. The molecular formula is C25H21N5O2. The van der Waals surface area contributed by atoms with Crippen LogP contribution in [0.15, 0.2) is 60.7 Å². The minimum atomic E-state index is -0.539. The highest BCUT2D eigenvalue weighted by molar-refractivity contribution is 6.04. The first kappa shape index (κ1) is 18.7. The van der Waals surface area contributed by atoms with Crippen molar-refractivity contribution in [1.82, 2.24) is 14.8 Å². The Morgan fingerprint density at radius 3 is 2.56 bits per heavy atom. The molecule has 4 aromatic rings. The van der Waals surface area contributed by atoms with E-state index in [0.29, 0.717) is 36.5 Å². The van der Waals surface area contributed by atoms with Crippen LogP contribution in [0.25, 0.3) is 33.4 Å². The Morgan fingerprint density at radius 1 is 1.03 bits per heavy atom. The summed E-state index contributed by atoms with van der Waals surface area (Å²) in [5, 5.41) is 9.09. The third kappa shape index (κ3) is 2.74. The highest BCUT2D eigenvalue weighted by atomic mass is 16.1. The van der Waals surface area contributed by atoms with Crippen LogP contribution in [0.3, 0.4) is 0 Å². The Hall–Kier alpha value is -4.00. The number of carbonyl (C=O) groups is 2. The zero-order chi connectivity index (χ0) is 21.9. The third-order valence-electron chi connectivity index (χ3n) is 6.55. The van der Waals surface area contributed by atoms with Crippen molar-refractivity contribution in [1.29, 1.82) is 0 Å². The van der Waals surface area contributed by atoms with Crippen molar-refractivity contribution in [3.05, 3.63) is 66.2 Å². The number of hydrogen-bond donors (Lipinski definition) is 2. The summed E-state index contributed by atoms with van der Waals surface area (Å²) in [5.41, 5.74) is 9.83. The van der Waals surface area contributed by atoms with Crippen LogP contribution in [0.4, 0.5) is 5.82 Å². The average molecular weight is 423 g/mol. The van der Waals surface area contributed by atoms with Crippen LogP contribution >= 0.6 is 0 Å². The van der Waals surface area contributed by atoms with Gasteiger partial charge in [0.15, 0.2) is 0 Å². The van der Waals surface area contributed by atoms with E-state index in [4.69, 9.17) is 15.8 Å². The highest BCUT2D eigenvalue weighted by Crippen LogP contribution is 2.46. The number of Topliss-reactive ketones (excluding diaryl/α,β-unsaturated/α-hetero) is 1. The number of carbonyl (C=O) groups excluding carboxylic acids is 2. The van der Waals surface area contributed by atoms with Gasteiger partial charge in [-0.1, -0.05) is 48.5 Å². The summed E-state index contributed by atoms with van der Waals surface area (Å²) in [6.45, 7) is 0.679. The molecular weight excluding hydrogens is 402 g/mol. The lowest BCUT2D eigenvalue weighted by molar-refractivity contribution is -0.132. The Balaban J connectivity index is 1.51. The van der Waals surface area contributed by atoms with Gasteiger partial charge in [0.05, 0.1) is 16.7 Å². The number of aromatic nitrogens is 3. The van der Waals surface area contributed by atoms with Gasteiger partial charge in [0.25, 0.3) is 5.91 Å². The lowest BCUT2D eigenvalue weighted by Gasteiger charge is -2.44. The molecule has 0 saturated heterocycles. The summed E-state index contributed by atoms with van der Waals surface area (Å²) in [4.78, 5) is 29.1. The van der Waals surface area contributed by atoms with Crippen LogP contribution in [0.1, 0.15) is 29.6 Å². The van der Waals surface area contributed by atoms with Gasteiger partial charge in [0, 0.05) is 35.9 Å². The summed E-state index contributed by atoms with van der Waals surface area (Å²) >= 11 is 0. The van der Waals surface area contributed by atoms with Crippen LogP contribution in [0.5, 0.6) is 0 Å². The van der Waals surface area contributed by atoms with Gasteiger partial charge in [0.2, 0.25) is 0 Å². The van der Waals surface area contributed by atoms with Crippen LogP contribution in [-0.4, -0.2) is 33.0 Å². The molecule has 1 saturated carbocycles. The van der Waals surface area contributed by atoms with Crippen molar-refractivity contribution < 1.29 is 9.59 Å². The van der Waals surface area contributed by atoms with Crippen molar-refractivity contribution in [2.24, 2.45) is 5.73 Å². The molecule has 7 nitrogen and oxygen atoms in total. The van der Waals surface area contributed by atoms with E-state index >= 15 is 0 Å². The number of nitrogens with two attached hydrogens (primary N) is 1. The number of rotatable bonds is 3. The Kier molecular flexibility index (Phi) is 3.95. The van der Waals surface area contributed by atoms with Crippen molar-refractivity contribution in [3.8, 4) is 22.5 Å². The fraction of sp³-hybridized carbons (Fsp3) is 0.200. The van der Waals surface area contributed by atoms with E-state index in [1.54, 1.807) is 0 Å². The molecule has 1 spiro atoms. The van der Waals surface area contributed by atoms with E-state index in [1.807, 2.05) is 65.3 Å². The normalized spacial score (nSPS) is 16.4. The van der Waals surface area contributed by atoms with Crippen molar-refractivity contribution in [2.75, 3.05) is 11.9 Å². The first-order chi connectivity index (χ1) is 15.5. The van der Waals surface area contributed by atoms with Gasteiger partial charge in [-0.3, -0.25) is 9.59 Å². The molecule has 1 amide bonds. The smallest absolute Gasteiger partial charge is 0.254 e. The highest BCUT2D eigenvalue weighted by Gasteiger charge is 2.49. The van der Waals surface area contributed by atoms with Gasteiger partial charge in [0.1, 0.15) is 22.9 Å². The number of pyridine rings is 1. The summed E-state index contributed by atoms with van der Waals surface area (Å²) < 4.78 is 1.82. The second-order valence-corrected chi connectivity index (χ2v) is 8.61. The van der Waals surface area contributed by atoms with E-state index in [9.17, 15) is 9.59 Å². The number of benzene rings is 2. The number of fused-ring (bicyclic) bond motifs is 3. The number of nitrogens with one attached hydrogen (secondary N) is 1. The van der Waals surface area contributed by atoms with Crippen molar-refractivity contribution in [3.63, 3.8) is 0 Å². The molecule has 2 aliphatic rings. The number of hydrogen-bond acceptors (Lipinski definition) is 5. The average Bonchev–Trinajstić information content (AvgIpc) is 3.19. The fourth-order valence-electron chi connectivity index (χ4n) is 4.92. The Bertz CT molecular complexity index is 1400. The number of primary amides is 1. The maximum Gasteiger partial charge on any atom is 0.254 e. The van der Waals surface area contributed by atoms with Crippen LogP contribution in [0, 0.1) is 0 Å². The van der Waals surface area contributed by atoms with Gasteiger partial charge in [-0.15, -0.1) is 0 Å². The number of ketones is 1. The summed E-state index contributed by atoms with van der Waals surface area (Å²) in [6.07, 6.45) is 1.69. The molecule has 7 heteroatoms. The molecule has 0 radical (unpaired) electrons. The molecule has 3 N–H and O–H groups in total. The maximum absolute atomic E-state index is 12.5. The molecule has 1 aliphatic carbocycles. The first-order valence-electron chi connectivity index (χ1n) is 10.7. The zero-order valence-electron chi connectivity index (χ0n) is 17.3. The molecule has 158 valence electrons. The second kappa shape index (κ2) is 6.75. The predicted molar refractivity (Wildman–Crippen MR) is 122 cm³/mol. The minimum Gasteiger partial charge on any atom is -0.369 e. The van der Waals surface area contributed by atoms with Crippen LogP contribution in [0.2, 0.25) is 0 Å². The van der Waals surface area contributed by atoms with Gasteiger partial charge >= 0.3 is 0 Å². The molecule has 0 atom stereocenters. The lowest BCUT2D eigenvalue weighted by atomic mass is 9.72. The quantitative estimate of drug-likeness (QED) is 0.523. The zero-order valence-corrected chi connectivity index (χ0v) is 17.3. The molecule has 3 heterocycles. The van der Waals surface area contributed by atoms with E-state index in [0.717, 1.165) is 34.1 Å². The Labute approximate surface area is 184 Å². The maximum atomic E-state index is 12.5. The summed E-state index contributed by atoms with van der Waals surface area (Å²) in [7, 11) is 0.